The molecule has 2 N–H and O–H groups in total. The van der Waals surface area contributed by atoms with Crippen LogP contribution in [0.15, 0.2) is 15.9 Å². The number of hydrogen-bond donors (Lipinski definition) is 1. The highest BCUT2D eigenvalue weighted by molar-refractivity contribution is 9.11. The van der Waals surface area contributed by atoms with Crippen molar-refractivity contribution in [1.82, 2.24) is 0 Å². The molecule has 11 heavy (non-hydrogen) atoms. The number of rotatable bonds is 2. The number of halogens is 2. The molecular formula is C6H7BrClNOS. The van der Waals surface area contributed by atoms with Crippen LogP contribution in [0.5, 0.6) is 0 Å². The second kappa shape index (κ2) is 4.87. The molecule has 0 atom stereocenters. The quantitative estimate of drug-likeness (QED) is 0.823. The average molecular weight is 257 g/mol. The maximum Gasteiger partial charge on any atom is 0.186 e. The number of ketones is 1. The van der Waals surface area contributed by atoms with Gasteiger partial charge in [-0.2, -0.15) is 0 Å². The SMILES string of the molecule is Cl.NCC(=O)c1ccc(Br)s1. The molecule has 1 rings (SSSR count). The first-order valence-electron chi connectivity index (χ1n) is 2.72. The first-order valence-corrected chi connectivity index (χ1v) is 4.33. The molecule has 0 aliphatic rings. The van der Waals surface area contributed by atoms with E-state index in [1.54, 1.807) is 6.07 Å². The van der Waals surface area contributed by atoms with E-state index in [0.29, 0.717) is 0 Å². The van der Waals surface area contributed by atoms with Crippen molar-refractivity contribution in [3.05, 3.63) is 20.8 Å². The summed E-state index contributed by atoms with van der Waals surface area (Å²) in [6.45, 7) is 0.0902. The summed E-state index contributed by atoms with van der Waals surface area (Å²) in [5.74, 6) is -0.00398. The van der Waals surface area contributed by atoms with Crippen LogP contribution in [-0.4, -0.2) is 12.3 Å². The van der Waals surface area contributed by atoms with Crippen molar-refractivity contribution >= 4 is 45.5 Å². The summed E-state index contributed by atoms with van der Waals surface area (Å²) in [4.78, 5) is 11.6. The molecule has 0 bridgehead atoms. The zero-order valence-corrected chi connectivity index (χ0v) is 8.76. The number of Topliss-reactive ketones (excluding diaryl/α,β-unsaturated/α-hetero) is 1. The van der Waals surface area contributed by atoms with Crippen molar-refractivity contribution in [3.8, 4) is 0 Å². The smallest absolute Gasteiger partial charge is 0.186 e. The minimum Gasteiger partial charge on any atom is -0.324 e. The Morgan fingerprint density at radius 1 is 1.64 bits per heavy atom. The van der Waals surface area contributed by atoms with Crippen LogP contribution in [0, 0.1) is 0 Å². The largest absolute Gasteiger partial charge is 0.324 e. The highest BCUT2D eigenvalue weighted by Gasteiger charge is 2.04. The first-order chi connectivity index (χ1) is 4.74. The summed E-state index contributed by atoms with van der Waals surface area (Å²) in [5, 5.41) is 0. The third-order valence-corrected chi connectivity index (χ3v) is 2.70. The Kier molecular flexibility index (Phi) is 4.92. The molecule has 5 heteroatoms. The number of thiophene rings is 1. The predicted molar refractivity (Wildman–Crippen MR) is 52.7 cm³/mol. The molecule has 0 spiro atoms. The van der Waals surface area contributed by atoms with E-state index in [1.165, 1.54) is 11.3 Å². The first kappa shape index (κ1) is 11.1. The van der Waals surface area contributed by atoms with Gasteiger partial charge >= 0.3 is 0 Å². The van der Waals surface area contributed by atoms with E-state index >= 15 is 0 Å². The summed E-state index contributed by atoms with van der Waals surface area (Å²) >= 11 is 4.66. The fourth-order valence-corrected chi connectivity index (χ4v) is 1.90. The highest BCUT2D eigenvalue weighted by Crippen LogP contribution is 2.21. The van der Waals surface area contributed by atoms with Gasteiger partial charge in [0.2, 0.25) is 0 Å². The van der Waals surface area contributed by atoms with Crippen LogP contribution in [0.2, 0.25) is 0 Å². The van der Waals surface area contributed by atoms with Crippen LogP contribution < -0.4 is 5.73 Å². The van der Waals surface area contributed by atoms with E-state index in [0.717, 1.165) is 8.66 Å². The van der Waals surface area contributed by atoms with Gasteiger partial charge in [0.25, 0.3) is 0 Å². The maximum atomic E-state index is 10.9. The van der Waals surface area contributed by atoms with E-state index in [4.69, 9.17) is 5.73 Å². The lowest BCUT2D eigenvalue weighted by molar-refractivity contribution is 0.100. The van der Waals surface area contributed by atoms with Crippen molar-refractivity contribution in [3.63, 3.8) is 0 Å². The van der Waals surface area contributed by atoms with Crippen LogP contribution in [0.1, 0.15) is 9.67 Å². The van der Waals surface area contributed by atoms with Crippen molar-refractivity contribution in [2.24, 2.45) is 5.73 Å². The molecule has 0 fully saturated rings. The molecule has 1 heterocycles. The molecule has 0 amide bonds. The average Bonchev–Trinajstić information content (AvgIpc) is 2.34. The van der Waals surface area contributed by atoms with E-state index < -0.39 is 0 Å². The minimum absolute atomic E-state index is 0. The second-order valence-corrected chi connectivity index (χ2v) is 4.19. The Balaban J connectivity index is 0.000001000. The van der Waals surface area contributed by atoms with Crippen LogP contribution in [0.4, 0.5) is 0 Å². The van der Waals surface area contributed by atoms with Crippen molar-refractivity contribution in [2.45, 2.75) is 0 Å². The molecule has 2 nitrogen and oxygen atoms in total. The minimum atomic E-state index is -0.00398. The molecule has 1 aromatic heterocycles. The summed E-state index contributed by atoms with van der Waals surface area (Å²) in [6, 6.07) is 3.61. The summed E-state index contributed by atoms with van der Waals surface area (Å²) in [7, 11) is 0. The Morgan fingerprint density at radius 2 is 2.27 bits per heavy atom. The van der Waals surface area contributed by atoms with Gasteiger partial charge in [-0.15, -0.1) is 23.7 Å². The highest BCUT2D eigenvalue weighted by atomic mass is 79.9. The van der Waals surface area contributed by atoms with Crippen LogP contribution in [0.3, 0.4) is 0 Å². The van der Waals surface area contributed by atoms with Gasteiger partial charge in [-0.3, -0.25) is 4.79 Å². The number of carbonyl (C=O) groups excluding carboxylic acids is 1. The summed E-state index contributed by atoms with van der Waals surface area (Å²) < 4.78 is 0.962. The molecule has 0 unspecified atom stereocenters. The standard InChI is InChI=1S/C6H6BrNOS.ClH/c7-6-2-1-5(10-6)4(9)3-8;/h1-2H,3,8H2;1H. The summed E-state index contributed by atoms with van der Waals surface area (Å²) in [6.07, 6.45) is 0. The lowest BCUT2D eigenvalue weighted by atomic mass is 10.3. The molecule has 0 radical (unpaired) electrons. The third kappa shape index (κ3) is 2.91. The molecule has 0 aliphatic heterocycles. The maximum absolute atomic E-state index is 10.9. The predicted octanol–water partition coefficient (Wildman–Crippen LogP) is 2.07. The Bertz CT molecular complexity index is 250. The fourth-order valence-electron chi connectivity index (χ4n) is 0.565. The van der Waals surface area contributed by atoms with Gasteiger partial charge in [0.15, 0.2) is 5.78 Å². The van der Waals surface area contributed by atoms with E-state index in [9.17, 15) is 4.79 Å². The lowest BCUT2D eigenvalue weighted by Crippen LogP contribution is -2.11. The zero-order valence-electron chi connectivity index (χ0n) is 5.54. The van der Waals surface area contributed by atoms with Gasteiger partial charge in [0.05, 0.1) is 15.2 Å². The number of carbonyl (C=O) groups is 1. The molecule has 62 valence electrons. The number of hydrogen-bond acceptors (Lipinski definition) is 3. The second-order valence-electron chi connectivity index (χ2n) is 1.73. The zero-order chi connectivity index (χ0) is 7.56. The van der Waals surface area contributed by atoms with Crippen LogP contribution >= 0.6 is 39.7 Å². The van der Waals surface area contributed by atoms with Gasteiger partial charge in [0.1, 0.15) is 0 Å². The lowest BCUT2D eigenvalue weighted by Gasteiger charge is -1.87. The van der Waals surface area contributed by atoms with Crippen molar-refractivity contribution in [1.29, 1.82) is 0 Å². The van der Waals surface area contributed by atoms with Gasteiger partial charge in [-0.25, -0.2) is 0 Å². The Morgan fingerprint density at radius 3 is 2.64 bits per heavy atom. The van der Waals surface area contributed by atoms with Crippen LogP contribution in [0.25, 0.3) is 0 Å². The third-order valence-electron chi connectivity index (χ3n) is 1.03. The Labute approximate surface area is 83.3 Å². The van der Waals surface area contributed by atoms with E-state index in [1.807, 2.05) is 6.07 Å². The molecular weight excluding hydrogens is 249 g/mol. The van der Waals surface area contributed by atoms with E-state index in [2.05, 4.69) is 15.9 Å². The topological polar surface area (TPSA) is 43.1 Å². The van der Waals surface area contributed by atoms with Crippen molar-refractivity contribution < 1.29 is 4.79 Å². The van der Waals surface area contributed by atoms with Gasteiger partial charge in [-0.05, 0) is 28.1 Å². The number of nitrogens with two attached hydrogens (primary N) is 1. The van der Waals surface area contributed by atoms with Gasteiger partial charge < -0.3 is 5.73 Å². The molecule has 0 aliphatic carbocycles. The Hall–Kier alpha value is 0.1000. The van der Waals surface area contributed by atoms with E-state index in [-0.39, 0.29) is 24.7 Å². The monoisotopic (exact) mass is 255 g/mol. The van der Waals surface area contributed by atoms with Gasteiger partial charge in [0, 0.05) is 0 Å². The van der Waals surface area contributed by atoms with Crippen molar-refractivity contribution in [2.75, 3.05) is 6.54 Å². The molecule has 0 aromatic carbocycles. The summed E-state index contributed by atoms with van der Waals surface area (Å²) in [5.41, 5.74) is 5.16. The normalized spacial score (nSPS) is 8.91. The molecule has 1 aromatic rings. The molecule has 0 saturated heterocycles. The van der Waals surface area contributed by atoms with Crippen LogP contribution in [-0.2, 0) is 0 Å². The van der Waals surface area contributed by atoms with Gasteiger partial charge in [-0.1, -0.05) is 0 Å². The molecule has 0 saturated carbocycles. The fraction of sp³-hybridized carbons (Fsp3) is 0.167.